The molecule has 3 rings (SSSR count). The highest BCUT2D eigenvalue weighted by atomic mass is 16.2. The molecule has 1 spiro atoms. The Labute approximate surface area is 110 Å². The first-order chi connectivity index (χ1) is 8.77. The number of carbonyl (C=O) groups is 1. The summed E-state index contributed by atoms with van der Waals surface area (Å²) in [6, 6.07) is 0. The van der Waals surface area contributed by atoms with Crippen molar-refractivity contribution in [2.45, 2.75) is 51.4 Å². The van der Waals surface area contributed by atoms with E-state index >= 15 is 0 Å². The molecule has 3 fully saturated rings. The second-order valence-corrected chi connectivity index (χ2v) is 6.69. The Morgan fingerprint density at radius 3 is 2.78 bits per heavy atom. The summed E-state index contributed by atoms with van der Waals surface area (Å²) < 4.78 is 0. The SMILES string of the molecule is O=C(CC1CCNC1)N1CCC2(CCCCC2)C1. The number of nitrogens with zero attached hydrogens (tertiary/aromatic N) is 1. The predicted molar refractivity (Wildman–Crippen MR) is 72.3 cm³/mol. The number of hydrogen-bond donors (Lipinski definition) is 1. The Morgan fingerprint density at radius 1 is 1.22 bits per heavy atom. The van der Waals surface area contributed by atoms with Crippen LogP contribution in [0.5, 0.6) is 0 Å². The molecule has 0 radical (unpaired) electrons. The molecular weight excluding hydrogens is 224 g/mol. The summed E-state index contributed by atoms with van der Waals surface area (Å²) in [5.41, 5.74) is 0.516. The maximum atomic E-state index is 12.3. The van der Waals surface area contributed by atoms with Gasteiger partial charge in [0.1, 0.15) is 0 Å². The topological polar surface area (TPSA) is 32.3 Å². The van der Waals surface area contributed by atoms with Gasteiger partial charge in [-0.15, -0.1) is 0 Å². The van der Waals surface area contributed by atoms with Crippen LogP contribution in [0, 0.1) is 11.3 Å². The minimum atomic E-state index is 0.422. The van der Waals surface area contributed by atoms with Crippen molar-refractivity contribution in [1.29, 1.82) is 0 Å². The zero-order valence-corrected chi connectivity index (χ0v) is 11.4. The molecule has 3 heteroatoms. The molecule has 0 aromatic carbocycles. The molecule has 1 atom stereocenters. The molecule has 0 aromatic rings. The fraction of sp³-hybridized carbons (Fsp3) is 0.933. The molecule has 2 heterocycles. The van der Waals surface area contributed by atoms with Crippen molar-refractivity contribution in [2.75, 3.05) is 26.2 Å². The van der Waals surface area contributed by atoms with Gasteiger partial charge in [0.25, 0.3) is 0 Å². The van der Waals surface area contributed by atoms with Crippen molar-refractivity contribution in [3.05, 3.63) is 0 Å². The number of amides is 1. The molecule has 3 aliphatic rings. The lowest BCUT2D eigenvalue weighted by Gasteiger charge is -2.33. The Balaban J connectivity index is 1.52. The van der Waals surface area contributed by atoms with Gasteiger partial charge in [0.05, 0.1) is 0 Å². The Hall–Kier alpha value is -0.570. The van der Waals surface area contributed by atoms with E-state index in [-0.39, 0.29) is 0 Å². The van der Waals surface area contributed by atoms with Crippen LogP contribution in [0.1, 0.15) is 51.4 Å². The van der Waals surface area contributed by atoms with Gasteiger partial charge in [-0.3, -0.25) is 4.79 Å². The number of rotatable bonds is 2. The summed E-state index contributed by atoms with van der Waals surface area (Å²) in [6.45, 7) is 4.23. The average Bonchev–Trinajstić information content (AvgIpc) is 3.01. The quantitative estimate of drug-likeness (QED) is 0.814. The lowest BCUT2D eigenvalue weighted by atomic mass is 9.73. The number of hydrogen-bond acceptors (Lipinski definition) is 2. The first-order valence-electron chi connectivity index (χ1n) is 7.76. The maximum Gasteiger partial charge on any atom is 0.222 e. The summed E-state index contributed by atoms with van der Waals surface area (Å²) in [5, 5.41) is 3.35. The smallest absolute Gasteiger partial charge is 0.222 e. The fourth-order valence-electron chi connectivity index (χ4n) is 4.12. The lowest BCUT2D eigenvalue weighted by Crippen LogP contribution is -2.34. The van der Waals surface area contributed by atoms with Crippen molar-refractivity contribution in [3.8, 4) is 0 Å². The molecule has 2 saturated heterocycles. The van der Waals surface area contributed by atoms with E-state index in [0.29, 0.717) is 17.2 Å². The number of likely N-dealkylation sites (tertiary alicyclic amines) is 1. The van der Waals surface area contributed by atoms with Crippen molar-refractivity contribution >= 4 is 5.91 Å². The van der Waals surface area contributed by atoms with E-state index in [1.54, 1.807) is 0 Å². The molecule has 102 valence electrons. The summed E-state index contributed by atoms with van der Waals surface area (Å²) >= 11 is 0. The van der Waals surface area contributed by atoms with E-state index in [9.17, 15) is 4.79 Å². The van der Waals surface area contributed by atoms with Crippen LogP contribution < -0.4 is 5.32 Å². The average molecular weight is 250 g/mol. The molecular formula is C15H26N2O. The third-order valence-corrected chi connectivity index (χ3v) is 5.33. The van der Waals surface area contributed by atoms with Crippen LogP contribution in [0.3, 0.4) is 0 Å². The lowest BCUT2D eigenvalue weighted by molar-refractivity contribution is -0.131. The van der Waals surface area contributed by atoms with E-state index in [0.717, 1.165) is 32.6 Å². The second-order valence-electron chi connectivity index (χ2n) is 6.69. The maximum absolute atomic E-state index is 12.3. The van der Waals surface area contributed by atoms with Crippen LogP contribution in [0.4, 0.5) is 0 Å². The molecule has 1 N–H and O–H groups in total. The molecule has 1 amide bonds. The van der Waals surface area contributed by atoms with Gasteiger partial charge in [-0.1, -0.05) is 19.3 Å². The molecule has 1 saturated carbocycles. The van der Waals surface area contributed by atoms with Crippen LogP contribution in [0.15, 0.2) is 0 Å². The third kappa shape index (κ3) is 2.56. The number of carbonyl (C=O) groups excluding carboxylic acids is 1. The predicted octanol–water partition coefficient (Wildman–Crippen LogP) is 2.17. The molecule has 0 bridgehead atoms. The summed E-state index contributed by atoms with van der Waals surface area (Å²) in [4.78, 5) is 14.5. The Kier molecular flexibility index (Phi) is 3.60. The Bertz CT molecular complexity index is 304. The zero-order chi connectivity index (χ0) is 12.4. The highest BCUT2D eigenvalue weighted by Crippen LogP contribution is 2.43. The van der Waals surface area contributed by atoms with Gasteiger partial charge in [0, 0.05) is 19.5 Å². The second kappa shape index (κ2) is 5.20. The van der Waals surface area contributed by atoms with Crippen molar-refractivity contribution in [1.82, 2.24) is 10.2 Å². The van der Waals surface area contributed by atoms with Crippen LogP contribution in [0.2, 0.25) is 0 Å². The first kappa shape index (κ1) is 12.5. The van der Waals surface area contributed by atoms with Crippen LogP contribution in [-0.2, 0) is 4.79 Å². The van der Waals surface area contributed by atoms with Gasteiger partial charge in [-0.05, 0) is 50.1 Å². The van der Waals surface area contributed by atoms with E-state index < -0.39 is 0 Å². The minimum Gasteiger partial charge on any atom is -0.342 e. The third-order valence-electron chi connectivity index (χ3n) is 5.33. The summed E-state index contributed by atoms with van der Waals surface area (Å²) in [5.74, 6) is 1.02. The van der Waals surface area contributed by atoms with Crippen molar-refractivity contribution < 1.29 is 4.79 Å². The monoisotopic (exact) mass is 250 g/mol. The van der Waals surface area contributed by atoms with E-state index in [2.05, 4.69) is 10.2 Å². The van der Waals surface area contributed by atoms with Gasteiger partial charge in [-0.2, -0.15) is 0 Å². The number of nitrogens with one attached hydrogen (secondary N) is 1. The van der Waals surface area contributed by atoms with Gasteiger partial charge < -0.3 is 10.2 Å². The van der Waals surface area contributed by atoms with E-state index in [1.165, 1.54) is 44.9 Å². The molecule has 2 aliphatic heterocycles. The van der Waals surface area contributed by atoms with Gasteiger partial charge in [0.2, 0.25) is 5.91 Å². The normalized spacial score (nSPS) is 31.1. The molecule has 1 unspecified atom stereocenters. The minimum absolute atomic E-state index is 0.422. The summed E-state index contributed by atoms with van der Waals surface area (Å²) in [6.07, 6.45) is 10.1. The van der Waals surface area contributed by atoms with Crippen molar-refractivity contribution in [2.24, 2.45) is 11.3 Å². The van der Waals surface area contributed by atoms with Gasteiger partial charge in [-0.25, -0.2) is 0 Å². The largest absolute Gasteiger partial charge is 0.342 e. The Morgan fingerprint density at radius 2 is 2.06 bits per heavy atom. The van der Waals surface area contributed by atoms with Gasteiger partial charge >= 0.3 is 0 Å². The standard InChI is InChI=1S/C15H26N2O/c18-14(10-13-4-8-16-11-13)17-9-7-15(12-17)5-2-1-3-6-15/h13,16H,1-12H2. The van der Waals surface area contributed by atoms with E-state index in [4.69, 9.17) is 0 Å². The van der Waals surface area contributed by atoms with Gasteiger partial charge in [0.15, 0.2) is 0 Å². The highest BCUT2D eigenvalue weighted by Gasteiger charge is 2.40. The fourth-order valence-corrected chi connectivity index (χ4v) is 4.12. The van der Waals surface area contributed by atoms with Crippen molar-refractivity contribution in [3.63, 3.8) is 0 Å². The molecule has 1 aliphatic carbocycles. The van der Waals surface area contributed by atoms with E-state index in [1.807, 2.05) is 0 Å². The first-order valence-corrected chi connectivity index (χ1v) is 7.76. The van der Waals surface area contributed by atoms with Crippen LogP contribution >= 0.6 is 0 Å². The molecule has 18 heavy (non-hydrogen) atoms. The van der Waals surface area contributed by atoms with Crippen LogP contribution in [0.25, 0.3) is 0 Å². The molecule has 0 aromatic heterocycles. The van der Waals surface area contributed by atoms with Crippen LogP contribution in [-0.4, -0.2) is 37.0 Å². The summed E-state index contributed by atoms with van der Waals surface area (Å²) in [7, 11) is 0. The highest BCUT2D eigenvalue weighted by molar-refractivity contribution is 5.76. The zero-order valence-electron chi connectivity index (χ0n) is 11.4. The molecule has 3 nitrogen and oxygen atoms in total.